The highest BCUT2D eigenvalue weighted by Crippen LogP contribution is 2.39. The van der Waals surface area contributed by atoms with Crippen LogP contribution in [0.1, 0.15) is 38.1 Å². The van der Waals surface area contributed by atoms with Gasteiger partial charge in [-0.2, -0.15) is 0 Å². The van der Waals surface area contributed by atoms with E-state index in [-0.39, 0.29) is 5.41 Å². The molecule has 0 radical (unpaired) electrons. The summed E-state index contributed by atoms with van der Waals surface area (Å²) in [6, 6.07) is 10.2. The van der Waals surface area contributed by atoms with E-state index in [0.29, 0.717) is 20.6 Å². The summed E-state index contributed by atoms with van der Waals surface area (Å²) in [5, 5.41) is 0.699. The Bertz CT molecular complexity index is 575. The number of nitrogens with zero attached hydrogens (tertiary/aromatic N) is 2. The first-order valence-corrected chi connectivity index (χ1v) is 8.04. The summed E-state index contributed by atoms with van der Waals surface area (Å²) in [4.78, 5) is 8.89. The minimum absolute atomic E-state index is 0.269. The predicted molar refractivity (Wildman–Crippen MR) is 87.6 cm³/mol. The first-order chi connectivity index (χ1) is 9.55. The first-order valence-electron chi connectivity index (χ1n) is 6.49. The van der Waals surface area contributed by atoms with E-state index in [4.69, 9.17) is 23.2 Å². The molecular formula is C15H15BrCl2N2. The molecule has 20 heavy (non-hydrogen) atoms. The molecule has 0 fully saturated rings. The highest BCUT2D eigenvalue weighted by molar-refractivity contribution is 9.10. The van der Waals surface area contributed by atoms with Gasteiger partial charge in [0.1, 0.15) is 16.1 Å². The van der Waals surface area contributed by atoms with Crippen molar-refractivity contribution in [2.45, 2.75) is 32.1 Å². The van der Waals surface area contributed by atoms with Crippen molar-refractivity contribution in [3.8, 4) is 0 Å². The number of benzene rings is 1. The van der Waals surface area contributed by atoms with E-state index in [1.807, 2.05) is 18.2 Å². The molecule has 2 aromatic rings. The molecular weight excluding hydrogens is 359 g/mol. The first kappa shape index (κ1) is 15.7. The van der Waals surface area contributed by atoms with Crippen LogP contribution < -0.4 is 0 Å². The fraction of sp³-hybridized carbons (Fsp3) is 0.333. The van der Waals surface area contributed by atoms with Crippen LogP contribution in [0, 0.1) is 0 Å². The Kier molecular flexibility index (Phi) is 5.05. The maximum Gasteiger partial charge on any atom is 0.148 e. The van der Waals surface area contributed by atoms with Gasteiger partial charge in [0.05, 0.1) is 9.89 Å². The van der Waals surface area contributed by atoms with Gasteiger partial charge >= 0.3 is 0 Å². The molecule has 1 heterocycles. The Balaban J connectivity index is 2.65. The van der Waals surface area contributed by atoms with E-state index in [1.54, 1.807) is 0 Å². The van der Waals surface area contributed by atoms with Gasteiger partial charge in [0.2, 0.25) is 0 Å². The summed E-state index contributed by atoms with van der Waals surface area (Å²) in [6.45, 7) is 4.26. The molecule has 0 N–H and O–H groups in total. The van der Waals surface area contributed by atoms with Gasteiger partial charge in [0, 0.05) is 0 Å². The third-order valence-electron chi connectivity index (χ3n) is 3.73. The van der Waals surface area contributed by atoms with Gasteiger partial charge in [-0.3, -0.25) is 0 Å². The average Bonchev–Trinajstić information content (AvgIpc) is 2.47. The lowest BCUT2D eigenvalue weighted by molar-refractivity contribution is 0.449. The van der Waals surface area contributed by atoms with Gasteiger partial charge in [0.15, 0.2) is 0 Å². The van der Waals surface area contributed by atoms with E-state index >= 15 is 0 Å². The van der Waals surface area contributed by atoms with Gasteiger partial charge < -0.3 is 0 Å². The van der Waals surface area contributed by atoms with Gasteiger partial charge in [-0.15, -0.1) is 0 Å². The van der Waals surface area contributed by atoms with E-state index in [0.717, 1.165) is 12.8 Å². The topological polar surface area (TPSA) is 25.8 Å². The minimum atomic E-state index is -0.269. The van der Waals surface area contributed by atoms with Gasteiger partial charge in [-0.05, 0) is 34.3 Å². The molecule has 1 aromatic carbocycles. The molecule has 0 aliphatic rings. The van der Waals surface area contributed by atoms with Crippen LogP contribution in [0.15, 0.2) is 34.8 Å². The van der Waals surface area contributed by atoms with E-state index in [1.165, 1.54) is 5.56 Å². The second kappa shape index (κ2) is 6.42. The fourth-order valence-corrected chi connectivity index (χ4v) is 3.03. The Morgan fingerprint density at radius 1 is 1.00 bits per heavy atom. The molecule has 0 spiro atoms. The largest absolute Gasteiger partial charge is 0.219 e. The Hall–Kier alpha value is -0.640. The van der Waals surface area contributed by atoms with E-state index in [2.05, 4.69) is 51.9 Å². The Morgan fingerprint density at radius 3 is 1.95 bits per heavy atom. The zero-order valence-corrected chi connectivity index (χ0v) is 14.4. The van der Waals surface area contributed by atoms with E-state index < -0.39 is 0 Å². The third kappa shape index (κ3) is 2.72. The second-order valence-electron chi connectivity index (χ2n) is 4.60. The van der Waals surface area contributed by atoms with Crippen molar-refractivity contribution in [2.75, 3.05) is 0 Å². The molecule has 2 rings (SSSR count). The molecule has 0 atom stereocenters. The molecule has 1 aromatic heterocycles. The summed E-state index contributed by atoms with van der Waals surface area (Å²) in [6.07, 6.45) is 1.75. The minimum Gasteiger partial charge on any atom is -0.219 e. The lowest BCUT2D eigenvalue weighted by Crippen LogP contribution is -2.29. The van der Waals surface area contributed by atoms with Crippen LogP contribution in [0.5, 0.6) is 0 Å². The monoisotopic (exact) mass is 372 g/mol. The van der Waals surface area contributed by atoms with Crippen LogP contribution in [0.4, 0.5) is 0 Å². The molecule has 0 saturated heterocycles. The number of hydrogen-bond donors (Lipinski definition) is 0. The Labute approximate surface area is 137 Å². The van der Waals surface area contributed by atoms with Crippen LogP contribution in [-0.2, 0) is 5.41 Å². The van der Waals surface area contributed by atoms with Crippen LogP contribution in [0.2, 0.25) is 10.3 Å². The standard InChI is InChI=1S/C15H15BrCl2N2/c1-3-15(4-2,10-8-6-5-7-9-10)14-19-12(17)11(16)13(18)20-14/h5-9H,3-4H2,1-2H3. The zero-order chi connectivity index (χ0) is 14.8. The maximum absolute atomic E-state index is 6.14. The van der Waals surface area contributed by atoms with Crippen LogP contribution in [0.3, 0.4) is 0 Å². The van der Waals surface area contributed by atoms with Gasteiger partial charge in [-0.25, -0.2) is 9.97 Å². The van der Waals surface area contributed by atoms with Crippen molar-refractivity contribution in [3.63, 3.8) is 0 Å². The summed E-state index contributed by atoms with van der Waals surface area (Å²) in [7, 11) is 0. The van der Waals surface area contributed by atoms with Crippen molar-refractivity contribution in [3.05, 3.63) is 56.5 Å². The van der Waals surface area contributed by atoms with Crippen LogP contribution >= 0.6 is 39.1 Å². The Morgan fingerprint density at radius 2 is 1.50 bits per heavy atom. The summed E-state index contributed by atoms with van der Waals surface area (Å²) in [5.74, 6) is 0.673. The van der Waals surface area contributed by atoms with Crippen molar-refractivity contribution in [2.24, 2.45) is 0 Å². The molecule has 0 saturated carbocycles. The summed E-state index contributed by atoms with van der Waals surface area (Å²) in [5.41, 5.74) is 0.911. The number of halogens is 3. The average molecular weight is 374 g/mol. The quantitative estimate of drug-likeness (QED) is 0.647. The molecule has 2 nitrogen and oxygen atoms in total. The van der Waals surface area contributed by atoms with Crippen molar-refractivity contribution in [1.29, 1.82) is 0 Å². The maximum atomic E-state index is 6.14. The third-order valence-corrected chi connectivity index (χ3v) is 5.49. The molecule has 0 unspecified atom stereocenters. The molecule has 106 valence electrons. The van der Waals surface area contributed by atoms with Crippen molar-refractivity contribution in [1.82, 2.24) is 9.97 Å². The summed E-state index contributed by atoms with van der Waals surface area (Å²) >= 11 is 15.6. The molecule has 5 heteroatoms. The number of rotatable bonds is 4. The molecule has 0 amide bonds. The van der Waals surface area contributed by atoms with Gasteiger partial charge in [-0.1, -0.05) is 67.4 Å². The summed E-state index contributed by atoms with van der Waals surface area (Å²) < 4.78 is 0.541. The van der Waals surface area contributed by atoms with Crippen LogP contribution in [0.25, 0.3) is 0 Å². The molecule has 0 bridgehead atoms. The fourth-order valence-electron chi connectivity index (χ4n) is 2.47. The smallest absolute Gasteiger partial charge is 0.148 e. The van der Waals surface area contributed by atoms with E-state index in [9.17, 15) is 0 Å². The highest BCUT2D eigenvalue weighted by Gasteiger charge is 2.34. The molecule has 0 aliphatic heterocycles. The highest BCUT2D eigenvalue weighted by atomic mass is 79.9. The lowest BCUT2D eigenvalue weighted by atomic mass is 9.75. The van der Waals surface area contributed by atoms with Crippen molar-refractivity contribution >= 4 is 39.1 Å². The zero-order valence-electron chi connectivity index (χ0n) is 11.3. The SMILES string of the molecule is CCC(CC)(c1ccccc1)c1nc(Cl)c(Br)c(Cl)n1. The number of aromatic nitrogens is 2. The predicted octanol–water partition coefficient (Wildman–Crippen LogP) is 5.65. The number of hydrogen-bond acceptors (Lipinski definition) is 2. The second-order valence-corrected chi connectivity index (χ2v) is 6.11. The van der Waals surface area contributed by atoms with Crippen molar-refractivity contribution < 1.29 is 0 Å². The normalized spacial score (nSPS) is 11.7. The lowest BCUT2D eigenvalue weighted by Gasteiger charge is -2.31. The molecule has 0 aliphatic carbocycles. The van der Waals surface area contributed by atoms with Crippen LogP contribution in [-0.4, -0.2) is 9.97 Å². The van der Waals surface area contributed by atoms with Gasteiger partial charge in [0.25, 0.3) is 0 Å².